The molecule has 6 nitrogen and oxygen atoms in total. The highest BCUT2D eigenvalue weighted by atomic mass is 32.2. The van der Waals surface area contributed by atoms with Gasteiger partial charge in [0, 0.05) is 12.4 Å². The number of nitrogens with zero attached hydrogens (tertiary/aromatic N) is 2. The minimum Gasteiger partial charge on any atom is -0.397 e. The topological polar surface area (TPSA) is 102 Å². The number of hydrogen-bond donors (Lipinski definition) is 2. The van der Waals surface area contributed by atoms with Crippen molar-refractivity contribution in [2.24, 2.45) is 5.14 Å². The van der Waals surface area contributed by atoms with E-state index in [1.54, 1.807) is 11.6 Å². The Bertz CT molecular complexity index is 668. The van der Waals surface area contributed by atoms with Crippen molar-refractivity contribution in [1.82, 2.24) is 4.98 Å². The number of thiazole rings is 1. The zero-order valence-electron chi connectivity index (χ0n) is 10.3. The lowest BCUT2D eigenvalue weighted by atomic mass is 10.2. The molecule has 2 aromatic rings. The molecule has 0 saturated carbocycles. The number of sulfonamides is 1. The minimum atomic E-state index is -3.73. The van der Waals surface area contributed by atoms with Crippen LogP contribution in [0.25, 0.3) is 0 Å². The van der Waals surface area contributed by atoms with Crippen LogP contribution in [0.2, 0.25) is 0 Å². The summed E-state index contributed by atoms with van der Waals surface area (Å²) in [5, 5.41) is 7.01. The number of nitrogen functional groups attached to an aromatic ring is 1. The van der Waals surface area contributed by atoms with E-state index in [1.807, 2.05) is 17.3 Å². The molecule has 8 heteroatoms. The summed E-state index contributed by atoms with van der Waals surface area (Å²) < 4.78 is 22.4. The molecule has 0 atom stereocenters. The van der Waals surface area contributed by atoms with E-state index in [4.69, 9.17) is 10.9 Å². The van der Waals surface area contributed by atoms with Crippen molar-refractivity contribution in [2.75, 3.05) is 17.7 Å². The Morgan fingerprint density at radius 3 is 2.68 bits per heavy atom. The van der Waals surface area contributed by atoms with Crippen molar-refractivity contribution in [2.45, 2.75) is 11.4 Å². The molecule has 1 aromatic carbocycles. The Morgan fingerprint density at radius 2 is 2.16 bits per heavy atom. The summed E-state index contributed by atoms with van der Waals surface area (Å²) in [7, 11) is -1.86. The molecule has 0 aliphatic carbocycles. The first kappa shape index (κ1) is 13.8. The van der Waals surface area contributed by atoms with Crippen LogP contribution in [0.15, 0.2) is 34.0 Å². The molecule has 0 unspecified atom stereocenters. The third-order valence-electron chi connectivity index (χ3n) is 2.62. The van der Waals surface area contributed by atoms with Gasteiger partial charge in [0.2, 0.25) is 10.0 Å². The van der Waals surface area contributed by atoms with Crippen molar-refractivity contribution in [3.8, 4) is 0 Å². The fraction of sp³-hybridized carbons (Fsp3) is 0.182. The molecule has 0 radical (unpaired) electrons. The van der Waals surface area contributed by atoms with E-state index in [1.165, 1.54) is 23.5 Å². The number of aromatic nitrogens is 1. The van der Waals surface area contributed by atoms with E-state index in [-0.39, 0.29) is 4.90 Å². The minimum absolute atomic E-state index is 0.0100. The first-order valence-electron chi connectivity index (χ1n) is 5.38. The number of hydrogen-bond acceptors (Lipinski definition) is 6. The van der Waals surface area contributed by atoms with Crippen molar-refractivity contribution >= 4 is 32.7 Å². The number of anilines is 2. The van der Waals surface area contributed by atoms with E-state index in [0.29, 0.717) is 12.2 Å². The molecule has 0 amide bonds. The van der Waals surface area contributed by atoms with Gasteiger partial charge in [0.25, 0.3) is 0 Å². The number of primary sulfonamides is 1. The van der Waals surface area contributed by atoms with Gasteiger partial charge in [-0.2, -0.15) is 0 Å². The predicted octanol–water partition coefficient (Wildman–Crippen LogP) is 1.01. The zero-order chi connectivity index (χ0) is 14.0. The maximum absolute atomic E-state index is 11.2. The van der Waals surface area contributed by atoms with Gasteiger partial charge < -0.3 is 10.6 Å². The summed E-state index contributed by atoms with van der Waals surface area (Å²) in [4.78, 5) is 6.10. The van der Waals surface area contributed by atoms with Gasteiger partial charge in [0.05, 0.1) is 34.0 Å². The number of benzene rings is 1. The highest BCUT2D eigenvalue weighted by Crippen LogP contribution is 2.26. The van der Waals surface area contributed by atoms with Crippen LogP contribution in [0.4, 0.5) is 11.4 Å². The second-order valence-electron chi connectivity index (χ2n) is 4.10. The van der Waals surface area contributed by atoms with Crippen molar-refractivity contribution in [3.63, 3.8) is 0 Å². The molecular formula is C11H14N4O2S2. The van der Waals surface area contributed by atoms with Gasteiger partial charge in [-0.1, -0.05) is 0 Å². The van der Waals surface area contributed by atoms with Crippen LogP contribution in [0.3, 0.4) is 0 Å². The maximum Gasteiger partial charge on any atom is 0.238 e. The molecular weight excluding hydrogens is 284 g/mol. The van der Waals surface area contributed by atoms with Gasteiger partial charge in [-0.3, -0.25) is 0 Å². The largest absolute Gasteiger partial charge is 0.397 e. The molecule has 1 heterocycles. The third-order valence-corrected chi connectivity index (χ3v) is 4.17. The zero-order valence-corrected chi connectivity index (χ0v) is 11.9. The lowest BCUT2D eigenvalue weighted by molar-refractivity contribution is 0.598. The Hall–Kier alpha value is -1.64. The molecule has 102 valence electrons. The van der Waals surface area contributed by atoms with Crippen LogP contribution >= 0.6 is 11.3 Å². The molecule has 0 aliphatic heterocycles. The van der Waals surface area contributed by atoms with Crippen molar-refractivity contribution < 1.29 is 8.42 Å². The second kappa shape index (κ2) is 5.16. The monoisotopic (exact) mass is 298 g/mol. The summed E-state index contributed by atoms with van der Waals surface area (Å²) in [6, 6.07) is 4.45. The van der Waals surface area contributed by atoms with Gasteiger partial charge in [0.1, 0.15) is 0 Å². The highest BCUT2D eigenvalue weighted by Gasteiger charge is 2.12. The predicted molar refractivity (Wildman–Crippen MR) is 76.4 cm³/mol. The molecule has 0 saturated heterocycles. The fourth-order valence-corrected chi connectivity index (χ4v) is 2.80. The maximum atomic E-state index is 11.2. The van der Waals surface area contributed by atoms with E-state index in [9.17, 15) is 8.42 Å². The van der Waals surface area contributed by atoms with Crippen molar-refractivity contribution in [3.05, 3.63) is 34.8 Å². The van der Waals surface area contributed by atoms with Gasteiger partial charge in [-0.25, -0.2) is 18.5 Å². The summed E-state index contributed by atoms with van der Waals surface area (Å²) in [6.45, 7) is 0.600. The lowest BCUT2D eigenvalue weighted by Crippen LogP contribution is -2.19. The number of rotatable bonds is 4. The van der Waals surface area contributed by atoms with E-state index >= 15 is 0 Å². The molecule has 0 spiro atoms. The van der Waals surface area contributed by atoms with Gasteiger partial charge in [-0.15, -0.1) is 11.3 Å². The van der Waals surface area contributed by atoms with Crippen molar-refractivity contribution in [1.29, 1.82) is 0 Å². The lowest BCUT2D eigenvalue weighted by Gasteiger charge is -2.20. The first-order valence-corrected chi connectivity index (χ1v) is 7.87. The molecule has 4 N–H and O–H groups in total. The fourth-order valence-electron chi connectivity index (χ4n) is 1.70. The van der Waals surface area contributed by atoms with E-state index in [0.717, 1.165) is 11.4 Å². The normalized spacial score (nSPS) is 11.5. The summed E-state index contributed by atoms with van der Waals surface area (Å²) in [6.07, 6.45) is 0. The average molecular weight is 298 g/mol. The standard InChI is InChI=1S/C11H14N4O2S2/c1-15(5-8-6-18-7-14-8)11-3-2-9(4-10(11)12)19(13,16)17/h2-4,6-7H,5,12H2,1H3,(H2,13,16,17). The van der Waals surface area contributed by atoms with Crippen LogP contribution in [-0.2, 0) is 16.6 Å². The van der Waals surface area contributed by atoms with Crippen LogP contribution in [0.5, 0.6) is 0 Å². The Balaban J connectivity index is 2.26. The molecule has 0 bridgehead atoms. The summed E-state index contributed by atoms with van der Waals surface area (Å²) >= 11 is 1.52. The van der Waals surface area contributed by atoms with E-state index < -0.39 is 10.0 Å². The second-order valence-corrected chi connectivity index (χ2v) is 6.38. The third kappa shape index (κ3) is 3.22. The average Bonchev–Trinajstić information content (AvgIpc) is 2.80. The SMILES string of the molecule is CN(Cc1cscn1)c1ccc(S(N)(=O)=O)cc1N. The highest BCUT2D eigenvalue weighted by molar-refractivity contribution is 7.89. The first-order chi connectivity index (χ1) is 8.88. The van der Waals surface area contributed by atoms with Gasteiger partial charge in [-0.05, 0) is 18.2 Å². The van der Waals surface area contributed by atoms with Crippen LogP contribution in [-0.4, -0.2) is 20.4 Å². The molecule has 1 aromatic heterocycles. The van der Waals surface area contributed by atoms with Gasteiger partial charge in [0.15, 0.2) is 0 Å². The quantitative estimate of drug-likeness (QED) is 0.820. The Morgan fingerprint density at radius 1 is 1.42 bits per heavy atom. The molecule has 0 fully saturated rings. The Kier molecular flexibility index (Phi) is 3.74. The smallest absolute Gasteiger partial charge is 0.238 e. The van der Waals surface area contributed by atoms with Crippen LogP contribution < -0.4 is 15.8 Å². The van der Waals surface area contributed by atoms with Gasteiger partial charge >= 0.3 is 0 Å². The summed E-state index contributed by atoms with van der Waals surface area (Å²) in [5.74, 6) is 0. The molecule has 19 heavy (non-hydrogen) atoms. The van der Waals surface area contributed by atoms with E-state index in [2.05, 4.69) is 4.98 Å². The summed E-state index contributed by atoms with van der Waals surface area (Å²) in [5.41, 5.74) is 9.66. The Labute approximate surface area is 115 Å². The molecule has 2 rings (SSSR count). The van der Waals surface area contributed by atoms with Crippen LogP contribution in [0.1, 0.15) is 5.69 Å². The number of nitrogens with two attached hydrogens (primary N) is 2. The molecule has 0 aliphatic rings. The van der Waals surface area contributed by atoms with Crippen LogP contribution in [0, 0.1) is 0 Å².